The summed E-state index contributed by atoms with van der Waals surface area (Å²) in [5.74, 6) is 0. The van der Waals surface area contributed by atoms with Gasteiger partial charge in [-0.1, -0.05) is 124 Å². The normalized spacial score (nSPS) is 13.9. The first kappa shape index (κ1) is 35.5. The van der Waals surface area contributed by atoms with Crippen LogP contribution in [0.2, 0.25) is 0 Å². The van der Waals surface area contributed by atoms with Gasteiger partial charge in [0.05, 0.1) is 38.8 Å². The molecule has 66 heavy (non-hydrogen) atoms. The molecule has 308 valence electrons. The Bertz CT molecular complexity index is 4260. The zero-order chi connectivity index (χ0) is 43.3. The first-order valence-electron chi connectivity index (χ1n) is 23.1. The van der Waals surface area contributed by atoms with Crippen molar-refractivity contribution in [1.82, 2.24) is 8.80 Å². The summed E-state index contributed by atoms with van der Waals surface area (Å²) >= 11 is 1.98. The molecule has 0 saturated heterocycles. The Hall–Kier alpha value is -7.80. The van der Waals surface area contributed by atoms with E-state index >= 15 is 0 Å². The summed E-state index contributed by atoms with van der Waals surface area (Å²) in [6.07, 6.45) is 0. The average molecular weight is 859 g/mol. The van der Waals surface area contributed by atoms with Crippen LogP contribution in [-0.2, 0) is 5.41 Å². The van der Waals surface area contributed by atoms with Crippen molar-refractivity contribution in [2.75, 3.05) is 9.80 Å². The zero-order valence-electron chi connectivity index (χ0n) is 36.6. The maximum atomic E-state index is 2.65. The molecular formula is C60H39BN4S. The molecule has 0 radical (unpaired) electrons. The van der Waals surface area contributed by atoms with Crippen molar-refractivity contribution in [2.45, 2.75) is 26.2 Å². The van der Waals surface area contributed by atoms with Gasteiger partial charge in [0.2, 0.25) is 0 Å². The molecule has 0 N–H and O–H groups in total. The van der Waals surface area contributed by atoms with E-state index in [9.17, 15) is 0 Å². The largest absolute Gasteiger partial charge is 0.311 e. The lowest BCUT2D eigenvalue weighted by molar-refractivity contribution is 0.591. The Morgan fingerprint density at radius 1 is 0.409 bits per heavy atom. The van der Waals surface area contributed by atoms with E-state index in [1.54, 1.807) is 0 Å². The van der Waals surface area contributed by atoms with E-state index in [2.05, 4.69) is 221 Å². The third-order valence-electron chi connectivity index (χ3n) is 15.3. The Balaban J connectivity index is 1.03. The zero-order valence-corrected chi connectivity index (χ0v) is 37.4. The highest BCUT2D eigenvalue weighted by Gasteiger charge is 2.45. The number of benzene rings is 9. The molecule has 0 amide bonds. The molecule has 16 rings (SSSR count). The molecule has 0 unspecified atom stereocenters. The topological polar surface area (TPSA) is 15.3 Å². The summed E-state index contributed by atoms with van der Waals surface area (Å²) in [5.41, 5.74) is 19.0. The molecule has 0 bridgehead atoms. The molecule has 0 aliphatic carbocycles. The van der Waals surface area contributed by atoms with Crippen LogP contribution in [-0.4, -0.2) is 15.5 Å². The molecule has 6 heteroatoms. The molecule has 5 aromatic heterocycles. The monoisotopic (exact) mass is 858 g/mol. The predicted octanol–water partition coefficient (Wildman–Crippen LogP) is 14.6. The Labute approximate surface area is 384 Å². The molecule has 0 fully saturated rings. The molecule has 2 aliphatic rings. The van der Waals surface area contributed by atoms with Crippen LogP contribution in [0.1, 0.15) is 26.3 Å². The second-order valence-electron chi connectivity index (χ2n) is 19.7. The summed E-state index contributed by atoms with van der Waals surface area (Å²) < 4.78 is 7.69. The molecule has 14 aromatic rings. The summed E-state index contributed by atoms with van der Waals surface area (Å²) in [5, 5.41) is 11.6. The van der Waals surface area contributed by atoms with Crippen molar-refractivity contribution >= 4 is 154 Å². The third-order valence-corrected chi connectivity index (χ3v) is 16.5. The van der Waals surface area contributed by atoms with E-state index in [4.69, 9.17) is 0 Å². The van der Waals surface area contributed by atoms with Crippen molar-refractivity contribution in [3.63, 3.8) is 0 Å². The van der Waals surface area contributed by atoms with Crippen LogP contribution in [0.4, 0.5) is 34.1 Å². The smallest absolute Gasteiger partial charge is 0.264 e. The highest BCUT2D eigenvalue weighted by Crippen LogP contribution is 2.52. The minimum absolute atomic E-state index is 0.00384. The Morgan fingerprint density at radius 3 is 1.39 bits per heavy atom. The number of fused-ring (bicyclic) bond motifs is 18. The number of rotatable bonds is 2. The van der Waals surface area contributed by atoms with Crippen LogP contribution < -0.4 is 25.5 Å². The fourth-order valence-electron chi connectivity index (χ4n) is 12.5. The number of nitrogens with zero attached hydrogens (tertiary/aromatic N) is 4. The van der Waals surface area contributed by atoms with Crippen molar-refractivity contribution < 1.29 is 0 Å². The van der Waals surface area contributed by atoms with Crippen molar-refractivity contribution in [3.8, 4) is 0 Å². The fourth-order valence-corrected chi connectivity index (χ4v) is 13.8. The van der Waals surface area contributed by atoms with E-state index in [0.717, 1.165) is 0 Å². The van der Waals surface area contributed by atoms with Crippen molar-refractivity contribution in [1.29, 1.82) is 0 Å². The number of hydrogen-bond acceptors (Lipinski definition) is 3. The van der Waals surface area contributed by atoms with Gasteiger partial charge in [-0.25, -0.2) is 0 Å². The summed E-state index contributed by atoms with van der Waals surface area (Å²) in [4.78, 5) is 5.23. The summed E-state index contributed by atoms with van der Waals surface area (Å²) in [6, 6.07) is 69.2. The van der Waals surface area contributed by atoms with Gasteiger partial charge in [0.1, 0.15) is 0 Å². The first-order valence-corrected chi connectivity index (χ1v) is 24.0. The minimum Gasteiger partial charge on any atom is -0.311 e. The minimum atomic E-state index is -0.00384. The molecule has 0 spiro atoms. The molecule has 0 saturated carbocycles. The Kier molecular flexibility index (Phi) is 6.52. The van der Waals surface area contributed by atoms with Crippen LogP contribution >= 0.6 is 11.3 Å². The highest BCUT2D eigenvalue weighted by atomic mass is 32.1. The van der Waals surface area contributed by atoms with Crippen LogP contribution in [0.3, 0.4) is 0 Å². The van der Waals surface area contributed by atoms with E-state index in [1.807, 2.05) is 11.3 Å². The van der Waals surface area contributed by atoms with Gasteiger partial charge in [0.15, 0.2) is 0 Å². The molecule has 0 atom stereocenters. The molecular weight excluding hydrogens is 820 g/mol. The van der Waals surface area contributed by atoms with Crippen molar-refractivity contribution in [2.24, 2.45) is 0 Å². The number of anilines is 6. The van der Waals surface area contributed by atoms with Gasteiger partial charge in [-0.15, -0.1) is 11.3 Å². The second-order valence-corrected chi connectivity index (χ2v) is 20.8. The number of para-hydroxylation sites is 5. The van der Waals surface area contributed by atoms with E-state index in [-0.39, 0.29) is 12.1 Å². The van der Waals surface area contributed by atoms with Crippen LogP contribution in [0.25, 0.3) is 86.3 Å². The fraction of sp³-hybridized carbons (Fsp3) is 0.0667. The summed E-state index contributed by atoms with van der Waals surface area (Å²) in [6.45, 7) is 7.05. The average Bonchev–Trinajstić information content (AvgIpc) is 4.15. The highest BCUT2D eigenvalue weighted by molar-refractivity contribution is 7.33. The number of hydrogen-bond donors (Lipinski definition) is 0. The standard InChI is InChI=1S/C60H39BN4S/c1-60(2,3)34-27-28-54-45(29-34)58-59(66-54)61-46-19-8-13-24-51(46)62(35-30-41-37-15-4-9-20-47(37)64-48-21-10-5-16-38(48)42(31-35)56(41)64)52-25-14-26-53(55(52)61)63(58)36-32-43-39-17-6-11-22-49(39)65-50-23-12-7-18-40(50)44(33-36)57(43)65/h4-33H,1-3H3. The second kappa shape index (κ2) is 12.1. The molecule has 9 aromatic carbocycles. The Morgan fingerprint density at radius 2 is 0.864 bits per heavy atom. The van der Waals surface area contributed by atoms with Crippen molar-refractivity contribution in [3.05, 3.63) is 188 Å². The van der Waals surface area contributed by atoms with Crippen LogP contribution in [0.15, 0.2) is 182 Å². The lowest BCUT2D eigenvalue weighted by Gasteiger charge is -2.43. The SMILES string of the molecule is CC(C)(C)c1ccc2sc3c(c2c1)N(c1cc2c4ccccc4n4c5ccccc5c(c1)c24)c1cccc2c1B3c1ccccc1N2c1cc2c3ccccc3n3c4ccccc4c(c1)c23. The van der Waals surface area contributed by atoms with Gasteiger partial charge in [0.25, 0.3) is 6.71 Å². The van der Waals surface area contributed by atoms with Gasteiger partial charge >= 0.3 is 0 Å². The number of thiophene rings is 1. The third kappa shape index (κ3) is 4.27. The molecule has 4 nitrogen and oxygen atoms in total. The number of aromatic nitrogens is 2. The van der Waals surface area contributed by atoms with E-state index in [1.165, 1.54) is 142 Å². The maximum Gasteiger partial charge on any atom is 0.264 e. The quantitative estimate of drug-likeness (QED) is 0.161. The summed E-state index contributed by atoms with van der Waals surface area (Å²) in [7, 11) is 0. The van der Waals surface area contributed by atoms with Gasteiger partial charge in [-0.2, -0.15) is 0 Å². The lowest BCUT2D eigenvalue weighted by atomic mass is 9.36. The maximum absolute atomic E-state index is 2.65. The van der Waals surface area contributed by atoms with Gasteiger partial charge in [-0.05, 0) is 101 Å². The molecule has 7 heterocycles. The molecule has 2 aliphatic heterocycles. The van der Waals surface area contributed by atoms with Gasteiger partial charge in [0, 0.05) is 86.4 Å². The first-order chi connectivity index (χ1) is 32.4. The van der Waals surface area contributed by atoms with Crippen LogP contribution in [0, 0.1) is 0 Å². The van der Waals surface area contributed by atoms with Gasteiger partial charge < -0.3 is 18.6 Å². The predicted molar refractivity (Wildman–Crippen MR) is 284 cm³/mol. The van der Waals surface area contributed by atoms with E-state index < -0.39 is 0 Å². The van der Waals surface area contributed by atoms with Crippen LogP contribution in [0.5, 0.6) is 0 Å². The van der Waals surface area contributed by atoms with E-state index in [0.29, 0.717) is 0 Å². The van der Waals surface area contributed by atoms with Gasteiger partial charge in [-0.3, -0.25) is 0 Å². The lowest BCUT2D eigenvalue weighted by Crippen LogP contribution is -2.60.